The summed E-state index contributed by atoms with van der Waals surface area (Å²) in [5.74, 6) is 1.59. The molecule has 0 aliphatic rings. The van der Waals surface area contributed by atoms with E-state index in [9.17, 15) is 0 Å². The maximum atomic E-state index is 9.15. The average molecular weight is 272 g/mol. The van der Waals surface area contributed by atoms with Crippen LogP contribution in [-0.4, -0.2) is 18.8 Å². The molecule has 0 spiro atoms. The van der Waals surface area contributed by atoms with E-state index < -0.39 is 0 Å². The van der Waals surface area contributed by atoms with Gasteiger partial charge in [0.05, 0.1) is 13.2 Å². The molecule has 3 heteroatoms. The normalized spacial score (nSPS) is 10.6. The lowest BCUT2D eigenvalue weighted by atomic mass is 10.1. The minimum Gasteiger partial charge on any atom is -0.457 e. The van der Waals surface area contributed by atoms with Crippen LogP contribution in [0.1, 0.15) is 16.7 Å². The van der Waals surface area contributed by atoms with Crippen LogP contribution in [-0.2, 0) is 17.8 Å². The molecule has 20 heavy (non-hydrogen) atoms. The van der Waals surface area contributed by atoms with Gasteiger partial charge >= 0.3 is 0 Å². The fraction of sp³-hybridized carbons (Fsp3) is 0.294. The molecular formula is C17H20O3. The van der Waals surface area contributed by atoms with Crippen LogP contribution in [0.15, 0.2) is 42.5 Å². The second-order valence-corrected chi connectivity index (χ2v) is 4.74. The number of hydrogen-bond donors (Lipinski definition) is 1. The zero-order chi connectivity index (χ0) is 14.4. The Bertz CT molecular complexity index is 547. The van der Waals surface area contributed by atoms with Crippen molar-refractivity contribution in [2.45, 2.75) is 20.0 Å². The van der Waals surface area contributed by atoms with Crippen LogP contribution in [0.2, 0.25) is 0 Å². The fourth-order valence-electron chi connectivity index (χ4n) is 1.99. The van der Waals surface area contributed by atoms with Gasteiger partial charge in [-0.25, -0.2) is 0 Å². The minimum atomic E-state index is 0.0559. The van der Waals surface area contributed by atoms with E-state index in [4.69, 9.17) is 14.6 Å². The third-order valence-electron chi connectivity index (χ3n) is 3.24. The van der Waals surface area contributed by atoms with Crippen molar-refractivity contribution < 1.29 is 14.6 Å². The molecule has 0 fully saturated rings. The number of hydrogen-bond acceptors (Lipinski definition) is 3. The van der Waals surface area contributed by atoms with Crippen molar-refractivity contribution in [3.8, 4) is 11.5 Å². The lowest BCUT2D eigenvalue weighted by Crippen LogP contribution is -1.94. The smallest absolute Gasteiger partial charge is 0.127 e. The molecule has 1 N–H and O–H groups in total. The molecule has 2 aromatic carbocycles. The number of aliphatic hydroxyl groups excluding tert-OH is 1. The van der Waals surface area contributed by atoms with Crippen LogP contribution < -0.4 is 4.74 Å². The molecule has 0 amide bonds. The van der Waals surface area contributed by atoms with Crippen molar-refractivity contribution in [1.82, 2.24) is 0 Å². The van der Waals surface area contributed by atoms with Crippen LogP contribution in [0.25, 0.3) is 0 Å². The van der Waals surface area contributed by atoms with Gasteiger partial charge in [-0.3, -0.25) is 0 Å². The second-order valence-electron chi connectivity index (χ2n) is 4.74. The number of aliphatic hydroxyl groups is 1. The first-order valence-electron chi connectivity index (χ1n) is 6.69. The Kier molecular flexibility index (Phi) is 5.16. The van der Waals surface area contributed by atoms with Crippen molar-refractivity contribution in [3.05, 3.63) is 59.2 Å². The Labute approximate surface area is 119 Å². The highest BCUT2D eigenvalue weighted by Gasteiger charge is 2.02. The molecule has 0 aliphatic carbocycles. The monoisotopic (exact) mass is 272 g/mol. The third kappa shape index (κ3) is 3.83. The van der Waals surface area contributed by atoms with Crippen LogP contribution in [0.4, 0.5) is 0 Å². The standard InChI is InChI=1S/C17H20O3/c1-13-11-17(8-5-15(13)12-18)20-16-6-3-14(4-7-16)9-10-19-2/h3-8,11,18H,9-10,12H2,1-2H3. The largest absolute Gasteiger partial charge is 0.457 e. The topological polar surface area (TPSA) is 38.7 Å². The Morgan fingerprint density at radius 2 is 1.70 bits per heavy atom. The molecule has 0 saturated heterocycles. The molecular weight excluding hydrogens is 252 g/mol. The zero-order valence-electron chi connectivity index (χ0n) is 11.9. The van der Waals surface area contributed by atoms with Crippen LogP contribution in [0.5, 0.6) is 11.5 Å². The lowest BCUT2D eigenvalue weighted by molar-refractivity contribution is 0.202. The molecule has 2 aromatic rings. The molecule has 0 bridgehead atoms. The first-order chi connectivity index (χ1) is 9.72. The molecule has 0 aliphatic heterocycles. The summed E-state index contributed by atoms with van der Waals surface area (Å²) in [6.45, 7) is 2.74. The van der Waals surface area contributed by atoms with E-state index in [1.807, 2.05) is 49.4 Å². The quantitative estimate of drug-likeness (QED) is 0.875. The lowest BCUT2D eigenvalue weighted by Gasteiger charge is -2.09. The van der Waals surface area contributed by atoms with Crippen molar-refractivity contribution in [3.63, 3.8) is 0 Å². The highest BCUT2D eigenvalue weighted by molar-refractivity contribution is 5.38. The summed E-state index contributed by atoms with van der Waals surface area (Å²) in [4.78, 5) is 0. The van der Waals surface area contributed by atoms with E-state index in [1.54, 1.807) is 7.11 Å². The summed E-state index contributed by atoms with van der Waals surface area (Å²) in [5, 5.41) is 9.15. The van der Waals surface area contributed by atoms with Crippen molar-refractivity contribution >= 4 is 0 Å². The summed E-state index contributed by atoms with van der Waals surface area (Å²) in [6.07, 6.45) is 0.904. The second kappa shape index (κ2) is 7.08. The number of methoxy groups -OCH3 is 1. The van der Waals surface area contributed by atoms with Gasteiger partial charge in [0.15, 0.2) is 0 Å². The van der Waals surface area contributed by atoms with Gasteiger partial charge in [0.1, 0.15) is 11.5 Å². The van der Waals surface area contributed by atoms with Gasteiger partial charge < -0.3 is 14.6 Å². The molecule has 2 rings (SSSR count). The summed E-state index contributed by atoms with van der Waals surface area (Å²) >= 11 is 0. The molecule has 0 aromatic heterocycles. The van der Waals surface area contributed by atoms with E-state index in [2.05, 4.69) is 0 Å². The summed E-state index contributed by atoms with van der Waals surface area (Å²) in [7, 11) is 1.70. The van der Waals surface area contributed by atoms with E-state index in [-0.39, 0.29) is 6.61 Å². The molecule has 106 valence electrons. The van der Waals surface area contributed by atoms with Crippen LogP contribution in [0, 0.1) is 6.92 Å². The molecule has 3 nitrogen and oxygen atoms in total. The fourth-order valence-corrected chi connectivity index (χ4v) is 1.99. The maximum Gasteiger partial charge on any atom is 0.127 e. The van der Waals surface area contributed by atoms with Gasteiger partial charge in [-0.1, -0.05) is 18.2 Å². The number of benzene rings is 2. The Morgan fingerprint density at radius 3 is 2.30 bits per heavy atom. The Hall–Kier alpha value is -1.84. The molecule has 0 saturated carbocycles. The first-order valence-corrected chi connectivity index (χ1v) is 6.69. The summed E-state index contributed by atoms with van der Waals surface area (Å²) in [5.41, 5.74) is 3.18. The highest BCUT2D eigenvalue weighted by Crippen LogP contribution is 2.24. The van der Waals surface area contributed by atoms with Gasteiger partial charge in [0, 0.05) is 7.11 Å². The average Bonchev–Trinajstić information content (AvgIpc) is 2.47. The van der Waals surface area contributed by atoms with Crippen LogP contribution in [0.3, 0.4) is 0 Å². The van der Waals surface area contributed by atoms with Gasteiger partial charge in [0.2, 0.25) is 0 Å². The van der Waals surface area contributed by atoms with E-state index >= 15 is 0 Å². The van der Waals surface area contributed by atoms with Gasteiger partial charge in [-0.15, -0.1) is 0 Å². The van der Waals surface area contributed by atoms with Crippen molar-refractivity contribution in [1.29, 1.82) is 0 Å². The number of ether oxygens (including phenoxy) is 2. The van der Waals surface area contributed by atoms with Crippen molar-refractivity contribution in [2.75, 3.05) is 13.7 Å². The van der Waals surface area contributed by atoms with Crippen molar-refractivity contribution in [2.24, 2.45) is 0 Å². The van der Waals surface area contributed by atoms with Gasteiger partial charge in [0.25, 0.3) is 0 Å². The molecule has 0 radical (unpaired) electrons. The summed E-state index contributed by atoms with van der Waals surface area (Å²) < 4.78 is 10.9. The third-order valence-corrected chi connectivity index (χ3v) is 3.24. The van der Waals surface area contributed by atoms with E-state index in [1.165, 1.54) is 5.56 Å². The van der Waals surface area contributed by atoms with Gasteiger partial charge in [-0.05, 0) is 54.3 Å². The predicted octanol–water partition coefficient (Wildman–Crippen LogP) is 3.47. The molecule has 0 atom stereocenters. The Balaban J connectivity index is 2.04. The SMILES string of the molecule is COCCc1ccc(Oc2ccc(CO)c(C)c2)cc1. The van der Waals surface area contributed by atoms with E-state index in [0.29, 0.717) is 0 Å². The van der Waals surface area contributed by atoms with Gasteiger partial charge in [-0.2, -0.15) is 0 Å². The highest BCUT2D eigenvalue weighted by atomic mass is 16.5. The maximum absolute atomic E-state index is 9.15. The zero-order valence-corrected chi connectivity index (χ0v) is 11.9. The minimum absolute atomic E-state index is 0.0559. The molecule has 0 unspecified atom stereocenters. The number of aryl methyl sites for hydroxylation is 1. The van der Waals surface area contributed by atoms with E-state index in [0.717, 1.165) is 35.7 Å². The Morgan fingerprint density at radius 1 is 1.00 bits per heavy atom. The summed E-state index contributed by atoms with van der Waals surface area (Å²) in [6, 6.07) is 13.7. The predicted molar refractivity (Wildman–Crippen MR) is 79.2 cm³/mol. The number of rotatable bonds is 6. The first kappa shape index (κ1) is 14.6. The van der Waals surface area contributed by atoms with Crippen LogP contribution >= 0.6 is 0 Å². The molecule has 0 heterocycles.